The van der Waals surface area contributed by atoms with Crippen LogP contribution in [0.1, 0.15) is 31.2 Å². The number of hydrogen-bond acceptors (Lipinski definition) is 4. The number of benzene rings is 1. The average molecular weight is 342 g/mol. The zero-order valence-corrected chi connectivity index (χ0v) is 13.4. The van der Waals surface area contributed by atoms with E-state index in [4.69, 9.17) is 0 Å². The Hall–Kier alpha value is -1.14. The van der Waals surface area contributed by atoms with Crippen molar-refractivity contribution in [1.82, 2.24) is 5.32 Å². The zero-order chi connectivity index (χ0) is 14.7. The fraction of sp³-hybridized carbons (Fsp3) is 0.571. The van der Waals surface area contributed by atoms with Crippen molar-refractivity contribution in [3.8, 4) is 0 Å². The first-order valence-corrected chi connectivity index (χ1v) is 7.69. The molecule has 6 heteroatoms. The number of nitro groups is 1. The molecule has 0 radical (unpaired) electrons. The van der Waals surface area contributed by atoms with Crippen molar-refractivity contribution >= 4 is 27.3 Å². The van der Waals surface area contributed by atoms with Crippen molar-refractivity contribution in [2.75, 3.05) is 12.4 Å². The minimum atomic E-state index is -0.345. The highest BCUT2D eigenvalue weighted by Gasteiger charge is 2.21. The van der Waals surface area contributed by atoms with Crippen LogP contribution in [0, 0.1) is 17.0 Å². The third-order valence-corrected chi connectivity index (χ3v) is 4.63. The largest absolute Gasteiger partial charge is 0.381 e. The molecule has 1 aromatic rings. The molecule has 1 saturated carbocycles. The normalized spacial score (nSPS) is 22.6. The molecule has 0 atom stereocenters. The minimum Gasteiger partial charge on any atom is -0.381 e. The molecule has 110 valence electrons. The second-order valence-electron chi connectivity index (χ2n) is 5.36. The van der Waals surface area contributed by atoms with Gasteiger partial charge in [0.25, 0.3) is 5.69 Å². The monoisotopic (exact) mass is 341 g/mol. The summed E-state index contributed by atoms with van der Waals surface area (Å²) in [7, 11) is 2.01. The van der Waals surface area contributed by atoms with Crippen molar-refractivity contribution in [3.05, 3.63) is 32.3 Å². The minimum absolute atomic E-state index is 0.154. The molecular weight excluding hydrogens is 322 g/mol. The summed E-state index contributed by atoms with van der Waals surface area (Å²) in [6, 6.07) is 4.50. The second-order valence-corrected chi connectivity index (χ2v) is 6.21. The van der Waals surface area contributed by atoms with E-state index in [2.05, 4.69) is 26.6 Å². The van der Waals surface area contributed by atoms with Crippen LogP contribution in [0.3, 0.4) is 0 Å². The van der Waals surface area contributed by atoms with Crippen LogP contribution in [-0.2, 0) is 0 Å². The van der Waals surface area contributed by atoms with E-state index in [0.29, 0.717) is 17.6 Å². The predicted octanol–water partition coefficient (Wildman–Crippen LogP) is 3.61. The van der Waals surface area contributed by atoms with Gasteiger partial charge >= 0.3 is 0 Å². The van der Waals surface area contributed by atoms with E-state index < -0.39 is 0 Å². The van der Waals surface area contributed by atoms with Crippen LogP contribution in [0.25, 0.3) is 0 Å². The van der Waals surface area contributed by atoms with Crippen LogP contribution in [-0.4, -0.2) is 24.1 Å². The molecule has 0 saturated heterocycles. The van der Waals surface area contributed by atoms with Gasteiger partial charge in [-0.2, -0.15) is 0 Å². The summed E-state index contributed by atoms with van der Waals surface area (Å²) in [6.07, 6.45) is 4.57. The standard InChI is InChI=1S/C14H20BrN3O2/c1-9-7-13(12(15)8-14(9)18(19)20)17-11-5-3-10(16-2)4-6-11/h7-8,10-11,16-17H,3-6H2,1-2H3. The molecule has 1 aromatic carbocycles. The predicted molar refractivity (Wildman–Crippen MR) is 84.3 cm³/mol. The average Bonchev–Trinajstić information content (AvgIpc) is 2.43. The van der Waals surface area contributed by atoms with Crippen molar-refractivity contribution in [1.29, 1.82) is 0 Å². The van der Waals surface area contributed by atoms with Gasteiger partial charge in [-0.15, -0.1) is 0 Å². The van der Waals surface area contributed by atoms with Crippen molar-refractivity contribution < 1.29 is 4.92 Å². The van der Waals surface area contributed by atoms with Crippen LogP contribution >= 0.6 is 15.9 Å². The number of halogens is 1. The number of aryl methyl sites for hydroxylation is 1. The summed E-state index contributed by atoms with van der Waals surface area (Å²) in [6.45, 7) is 1.77. The number of anilines is 1. The van der Waals surface area contributed by atoms with Gasteiger partial charge in [-0.25, -0.2) is 0 Å². The van der Waals surface area contributed by atoms with Gasteiger partial charge in [-0.05, 0) is 61.7 Å². The van der Waals surface area contributed by atoms with Gasteiger partial charge in [0.05, 0.1) is 4.92 Å². The highest BCUT2D eigenvalue weighted by Crippen LogP contribution is 2.32. The lowest BCUT2D eigenvalue weighted by Crippen LogP contribution is -2.35. The molecule has 0 aliphatic heterocycles. The summed E-state index contributed by atoms with van der Waals surface area (Å²) in [5, 5.41) is 17.7. The fourth-order valence-electron chi connectivity index (χ4n) is 2.72. The van der Waals surface area contributed by atoms with Gasteiger partial charge in [0.15, 0.2) is 0 Å². The van der Waals surface area contributed by atoms with Crippen LogP contribution in [0.2, 0.25) is 0 Å². The maximum absolute atomic E-state index is 10.9. The van der Waals surface area contributed by atoms with E-state index >= 15 is 0 Å². The SMILES string of the molecule is CNC1CCC(Nc2cc(C)c([N+](=O)[O-])cc2Br)CC1. The smallest absolute Gasteiger partial charge is 0.273 e. The molecule has 20 heavy (non-hydrogen) atoms. The van der Waals surface area contributed by atoms with Gasteiger partial charge in [0.2, 0.25) is 0 Å². The summed E-state index contributed by atoms with van der Waals surface area (Å²) < 4.78 is 0.755. The molecule has 2 rings (SSSR count). The van der Waals surface area contributed by atoms with Gasteiger partial charge in [-0.1, -0.05) is 0 Å². The molecule has 1 fully saturated rings. The van der Waals surface area contributed by atoms with Gasteiger partial charge < -0.3 is 10.6 Å². The van der Waals surface area contributed by atoms with E-state index in [-0.39, 0.29) is 10.6 Å². The highest BCUT2D eigenvalue weighted by molar-refractivity contribution is 9.10. The van der Waals surface area contributed by atoms with Gasteiger partial charge in [0, 0.05) is 33.9 Å². The summed E-state index contributed by atoms with van der Waals surface area (Å²) >= 11 is 3.42. The van der Waals surface area contributed by atoms with E-state index in [1.165, 1.54) is 0 Å². The Balaban J connectivity index is 2.07. The molecule has 0 amide bonds. The third-order valence-electron chi connectivity index (χ3n) is 3.98. The van der Waals surface area contributed by atoms with E-state index in [1.807, 2.05) is 13.1 Å². The van der Waals surface area contributed by atoms with Crippen molar-refractivity contribution in [2.45, 2.75) is 44.7 Å². The quantitative estimate of drug-likeness (QED) is 0.648. The number of hydrogen-bond donors (Lipinski definition) is 2. The lowest BCUT2D eigenvalue weighted by molar-refractivity contribution is -0.385. The molecule has 0 bridgehead atoms. The first-order chi connectivity index (χ1) is 9.51. The van der Waals surface area contributed by atoms with Gasteiger partial charge in [0.1, 0.15) is 0 Å². The Bertz CT molecular complexity index is 499. The Labute approximate surface area is 127 Å². The summed E-state index contributed by atoms with van der Waals surface area (Å²) in [5.41, 5.74) is 1.78. The second kappa shape index (κ2) is 6.54. The fourth-order valence-corrected chi connectivity index (χ4v) is 3.17. The third kappa shape index (κ3) is 3.49. The Morgan fingerprint density at radius 2 is 1.85 bits per heavy atom. The highest BCUT2D eigenvalue weighted by atomic mass is 79.9. The number of rotatable bonds is 4. The van der Waals surface area contributed by atoms with E-state index in [1.54, 1.807) is 13.0 Å². The molecule has 0 aromatic heterocycles. The lowest BCUT2D eigenvalue weighted by Gasteiger charge is -2.29. The molecule has 0 heterocycles. The Kier molecular flexibility index (Phi) is 4.99. The van der Waals surface area contributed by atoms with Crippen molar-refractivity contribution in [2.24, 2.45) is 0 Å². The first-order valence-electron chi connectivity index (χ1n) is 6.89. The molecular formula is C14H20BrN3O2. The van der Waals surface area contributed by atoms with Gasteiger partial charge in [-0.3, -0.25) is 10.1 Å². The zero-order valence-electron chi connectivity index (χ0n) is 11.8. The molecule has 0 spiro atoms. The molecule has 5 nitrogen and oxygen atoms in total. The van der Waals surface area contributed by atoms with Crippen molar-refractivity contribution in [3.63, 3.8) is 0 Å². The first kappa shape index (κ1) is 15.3. The van der Waals surface area contributed by atoms with Crippen LogP contribution in [0.15, 0.2) is 16.6 Å². The van der Waals surface area contributed by atoms with Crippen LogP contribution < -0.4 is 10.6 Å². The van der Waals surface area contributed by atoms with E-state index in [0.717, 1.165) is 35.8 Å². The Morgan fingerprint density at radius 3 is 2.40 bits per heavy atom. The van der Waals surface area contributed by atoms with E-state index in [9.17, 15) is 10.1 Å². The maximum Gasteiger partial charge on any atom is 0.273 e. The maximum atomic E-state index is 10.9. The number of nitrogens with zero attached hydrogens (tertiary/aromatic N) is 1. The Morgan fingerprint density at radius 1 is 1.25 bits per heavy atom. The summed E-state index contributed by atoms with van der Waals surface area (Å²) in [5.74, 6) is 0. The molecule has 1 aliphatic rings. The topological polar surface area (TPSA) is 67.2 Å². The van der Waals surface area contributed by atoms with Crippen LogP contribution in [0.4, 0.5) is 11.4 Å². The number of nitro benzene ring substituents is 1. The molecule has 0 unspecified atom stereocenters. The lowest BCUT2D eigenvalue weighted by atomic mass is 9.91. The number of nitrogens with one attached hydrogen (secondary N) is 2. The molecule has 1 aliphatic carbocycles. The molecule has 2 N–H and O–H groups in total. The van der Waals surface area contributed by atoms with Crippen LogP contribution in [0.5, 0.6) is 0 Å². The summed E-state index contributed by atoms with van der Waals surface area (Å²) in [4.78, 5) is 10.6.